The van der Waals surface area contributed by atoms with Crippen LogP contribution < -0.4 is 14.8 Å². The highest BCUT2D eigenvalue weighted by Gasteiger charge is 2.65. The van der Waals surface area contributed by atoms with Crippen LogP contribution in [0.3, 0.4) is 0 Å². The lowest BCUT2D eigenvalue weighted by atomic mass is 10.1. The van der Waals surface area contributed by atoms with Crippen molar-refractivity contribution >= 4 is 12.0 Å². The zero-order valence-corrected chi connectivity index (χ0v) is 17.9. The largest absolute Gasteiger partial charge is 0.462 e. The number of rotatable bonds is 7. The predicted molar refractivity (Wildman–Crippen MR) is 105 cm³/mol. The molecule has 1 N–H and O–H groups in total. The van der Waals surface area contributed by atoms with E-state index >= 15 is 0 Å². The molecule has 1 aromatic carbocycles. The van der Waals surface area contributed by atoms with Gasteiger partial charge in [-0.25, -0.2) is 9.59 Å². The van der Waals surface area contributed by atoms with E-state index in [2.05, 4.69) is 9.64 Å². The van der Waals surface area contributed by atoms with Crippen LogP contribution in [0.25, 0.3) is 0 Å². The Labute approximate surface area is 183 Å². The van der Waals surface area contributed by atoms with Crippen LogP contribution >= 0.6 is 0 Å². The number of nitrogens with zero attached hydrogens (tertiary/aromatic N) is 2. The molecule has 0 bridgehead atoms. The van der Waals surface area contributed by atoms with Crippen LogP contribution in [0.4, 0.5) is 18.0 Å². The van der Waals surface area contributed by atoms with Crippen LogP contribution in [0.5, 0.6) is 11.5 Å². The Hall–Kier alpha value is -2.73. The summed E-state index contributed by atoms with van der Waals surface area (Å²) >= 11 is 0. The van der Waals surface area contributed by atoms with Gasteiger partial charge in [-0.15, -0.1) is 0 Å². The third-order valence-electron chi connectivity index (χ3n) is 5.11. The lowest BCUT2D eigenvalue weighted by molar-refractivity contribution is -0.283. The summed E-state index contributed by atoms with van der Waals surface area (Å²) in [7, 11) is 0. The van der Waals surface area contributed by atoms with Crippen molar-refractivity contribution in [2.24, 2.45) is 0 Å². The summed E-state index contributed by atoms with van der Waals surface area (Å²) in [5.41, 5.74) is -2.57. The summed E-state index contributed by atoms with van der Waals surface area (Å²) in [4.78, 5) is 28.0. The first-order chi connectivity index (χ1) is 15.2. The summed E-state index contributed by atoms with van der Waals surface area (Å²) in [5, 5.41) is 1.73. The van der Waals surface area contributed by atoms with Gasteiger partial charge in [-0.1, -0.05) is 6.07 Å². The first kappa shape index (κ1) is 23.9. The number of ether oxygens (including phenoxy) is 4. The average Bonchev–Trinajstić information content (AvgIpc) is 3.21. The van der Waals surface area contributed by atoms with Crippen molar-refractivity contribution in [2.45, 2.75) is 32.3 Å². The molecule has 0 spiro atoms. The summed E-state index contributed by atoms with van der Waals surface area (Å²) in [5.74, 6) is -0.359. The number of piperazine rings is 1. The Morgan fingerprint density at radius 1 is 1.06 bits per heavy atom. The number of esters is 1. The Morgan fingerprint density at radius 2 is 1.75 bits per heavy atom. The number of halogens is 3. The van der Waals surface area contributed by atoms with Crippen molar-refractivity contribution in [1.29, 1.82) is 0 Å². The molecule has 0 aromatic heterocycles. The van der Waals surface area contributed by atoms with Gasteiger partial charge in [-0.3, -0.25) is 10.2 Å². The van der Waals surface area contributed by atoms with Crippen LogP contribution in [0.15, 0.2) is 18.2 Å². The Balaban J connectivity index is 1.61. The molecule has 1 fully saturated rings. The fourth-order valence-electron chi connectivity index (χ4n) is 3.50. The highest BCUT2D eigenvalue weighted by Crippen LogP contribution is 2.34. The minimum atomic E-state index is -5.20. The SMILES string of the molecule is CCOC(=O)C(NC(=O)N1CCN(Cc2ccc3c(c2)OCO3)CC1)(OCC)C(F)(F)F. The second-order valence-corrected chi connectivity index (χ2v) is 7.21. The van der Waals surface area contributed by atoms with Gasteiger partial charge in [0.2, 0.25) is 6.79 Å². The molecule has 1 unspecified atom stereocenters. The van der Waals surface area contributed by atoms with Crippen LogP contribution in [0, 0.1) is 0 Å². The lowest BCUT2D eigenvalue weighted by Crippen LogP contribution is -2.68. The Morgan fingerprint density at radius 3 is 2.38 bits per heavy atom. The number of benzene rings is 1. The average molecular weight is 461 g/mol. The molecular weight excluding hydrogens is 435 g/mol. The molecule has 0 saturated carbocycles. The van der Waals surface area contributed by atoms with E-state index in [1.165, 1.54) is 18.7 Å². The monoisotopic (exact) mass is 461 g/mol. The van der Waals surface area contributed by atoms with Gasteiger partial charge in [0.15, 0.2) is 11.5 Å². The molecule has 0 radical (unpaired) electrons. The number of carbonyl (C=O) groups excluding carboxylic acids is 2. The number of nitrogens with one attached hydrogen (secondary N) is 1. The molecule has 12 heteroatoms. The number of hydrogen-bond donors (Lipinski definition) is 1. The standard InChI is InChI=1S/C20H26F3N3O6/c1-3-29-17(27)19(32-4-2,20(21,22)23)24-18(28)26-9-7-25(8-10-26)12-14-5-6-15-16(11-14)31-13-30-15/h5-6,11H,3-4,7-10,12-13H2,1-2H3,(H,24,28). The molecule has 9 nitrogen and oxygen atoms in total. The third-order valence-corrected chi connectivity index (χ3v) is 5.11. The van der Waals surface area contributed by atoms with Crippen LogP contribution in [-0.4, -0.2) is 79.9 Å². The molecule has 2 heterocycles. The van der Waals surface area contributed by atoms with E-state index in [0.29, 0.717) is 31.1 Å². The number of amides is 2. The molecule has 32 heavy (non-hydrogen) atoms. The number of hydrogen-bond acceptors (Lipinski definition) is 7. The maximum Gasteiger partial charge on any atom is 0.448 e. The quantitative estimate of drug-likeness (QED) is 0.491. The summed E-state index contributed by atoms with van der Waals surface area (Å²) in [6, 6.07) is 4.56. The van der Waals surface area contributed by atoms with E-state index in [9.17, 15) is 22.8 Å². The lowest BCUT2D eigenvalue weighted by Gasteiger charge is -2.38. The van der Waals surface area contributed by atoms with Crippen molar-refractivity contribution in [3.8, 4) is 11.5 Å². The zero-order valence-electron chi connectivity index (χ0n) is 17.9. The van der Waals surface area contributed by atoms with Crippen molar-refractivity contribution in [2.75, 3.05) is 46.2 Å². The molecule has 1 atom stereocenters. The second-order valence-electron chi connectivity index (χ2n) is 7.21. The van der Waals surface area contributed by atoms with Gasteiger partial charge in [-0.2, -0.15) is 13.2 Å². The molecular formula is C20H26F3N3O6. The van der Waals surface area contributed by atoms with Gasteiger partial charge >= 0.3 is 23.9 Å². The van der Waals surface area contributed by atoms with Crippen molar-refractivity contribution in [1.82, 2.24) is 15.1 Å². The predicted octanol–water partition coefficient (Wildman–Crippen LogP) is 2.10. The molecule has 1 aromatic rings. The number of fused-ring (bicyclic) bond motifs is 1. The van der Waals surface area contributed by atoms with Crippen LogP contribution in [0.2, 0.25) is 0 Å². The number of alkyl halides is 3. The summed E-state index contributed by atoms with van der Waals surface area (Å²) < 4.78 is 61.2. The second kappa shape index (κ2) is 9.82. The van der Waals surface area contributed by atoms with Crippen molar-refractivity contribution in [3.05, 3.63) is 23.8 Å². The van der Waals surface area contributed by atoms with Crippen LogP contribution in [0.1, 0.15) is 19.4 Å². The molecule has 0 aliphatic carbocycles. The van der Waals surface area contributed by atoms with E-state index < -0.39 is 30.5 Å². The molecule has 2 aliphatic heterocycles. The Kier molecular flexibility index (Phi) is 7.34. The van der Waals surface area contributed by atoms with E-state index in [-0.39, 0.29) is 26.5 Å². The fourth-order valence-corrected chi connectivity index (χ4v) is 3.50. The van der Waals surface area contributed by atoms with Gasteiger partial charge in [0.25, 0.3) is 0 Å². The minimum Gasteiger partial charge on any atom is -0.462 e. The first-order valence-electron chi connectivity index (χ1n) is 10.3. The smallest absolute Gasteiger partial charge is 0.448 e. The third kappa shape index (κ3) is 5.01. The van der Waals surface area contributed by atoms with Gasteiger partial charge < -0.3 is 23.8 Å². The maximum atomic E-state index is 13.8. The van der Waals surface area contributed by atoms with Gasteiger partial charge in [0.05, 0.1) is 6.61 Å². The number of carbonyl (C=O) groups is 2. The highest BCUT2D eigenvalue weighted by atomic mass is 19.4. The molecule has 2 amide bonds. The number of urea groups is 1. The normalized spacial score (nSPS) is 18.2. The van der Waals surface area contributed by atoms with Gasteiger partial charge in [0.1, 0.15) is 0 Å². The fraction of sp³-hybridized carbons (Fsp3) is 0.600. The zero-order chi connectivity index (χ0) is 23.4. The van der Waals surface area contributed by atoms with E-state index in [1.54, 1.807) is 5.32 Å². The van der Waals surface area contributed by atoms with Gasteiger partial charge in [-0.05, 0) is 31.5 Å². The summed E-state index contributed by atoms with van der Waals surface area (Å²) in [6.45, 7) is 3.91. The van der Waals surface area contributed by atoms with E-state index in [0.717, 1.165) is 5.56 Å². The van der Waals surface area contributed by atoms with Crippen molar-refractivity contribution in [3.63, 3.8) is 0 Å². The van der Waals surface area contributed by atoms with Crippen LogP contribution in [-0.2, 0) is 20.8 Å². The topological polar surface area (TPSA) is 89.6 Å². The maximum absolute atomic E-state index is 13.8. The van der Waals surface area contributed by atoms with Crippen molar-refractivity contribution < 1.29 is 41.7 Å². The Bertz CT molecular complexity index is 829. The molecule has 2 aliphatic rings. The first-order valence-corrected chi connectivity index (χ1v) is 10.3. The molecule has 1 saturated heterocycles. The van der Waals surface area contributed by atoms with E-state index in [4.69, 9.17) is 14.2 Å². The van der Waals surface area contributed by atoms with E-state index in [1.807, 2.05) is 18.2 Å². The molecule has 178 valence electrons. The summed E-state index contributed by atoms with van der Waals surface area (Å²) in [6.07, 6.45) is -5.20. The minimum absolute atomic E-state index is 0.180. The molecule has 3 rings (SSSR count). The highest BCUT2D eigenvalue weighted by molar-refractivity contribution is 5.87. The van der Waals surface area contributed by atoms with Gasteiger partial charge in [0, 0.05) is 39.3 Å².